The number of aromatic nitrogens is 1. The molecule has 1 aromatic heterocycles. The molecule has 1 heterocycles. The second-order valence-electron chi connectivity index (χ2n) is 5.55. The van der Waals surface area contributed by atoms with Crippen LogP contribution in [0.15, 0.2) is 11.6 Å². The highest BCUT2D eigenvalue weighted by Gasteiger charge is 2.32. The van der Waals surface area contributed by atoms with Crippen LogP contribution in [-0.4, -0.2) is 10.5 Å². The highest BCUT2D eigenvalue weighted by atomic mass is 32.1. The van der Waals surface area contributed by atoms with Gasteiger partial charge < -0.3 is 5.73 Å². The Hall–Kier alpha value is -0.410. The van der Waals surface area contributed by atoms with Crippen LogP contribution < -0.4 is 5.73 Å². The van der Waals surface area contributed by atoms with Crippen molar-refractivity contribution in [1.29, 1.82) is 0 Å². The summed E-state index contributed by atoms with van der Waals surface area (Å²) in [5, 5.41) is 3.26. The Bertz CT molecular complexity index is 313. The van der Waals surface area contributed by atoms with E-state index >= 15 is 0 Å². The van der Waals surface area contributed by atoms with Gasteiger partial charge in [-0.3, -0.25) is 0 Å². The van der Waals surface area contributed by atoms with E-state index < -0.39 is 0 Å². The van der Waals surface area contributed by atoms with E-state index in [2.05, 4.69) is 11.9 Å². The van der Waals surface area contributed by atoms with Crippen molar-refractivity contribution in [3.05, 3.63) is 16.6 Å². The van der Waals surface area contributed by atoms with Crippen LogP contribution in [0, 0.1) is 5.92 Å². The third-order valence-electron chi connectivity index (χ3n) is 4.05. The number of rotatable bonds is 5. The van der Waals surface area contributed by atoms with Crippen molar-refractivity contribution < 1.29 is 0 Å². The van der Waals surface area contributed by atoms with E-state index in [1.54, 1.807) is 11.3 Å². The third kappa shape index (κ3) is 3.78. The summed E-state index contributed by atoms with van der Waals surface area (Å²) in [5.74, 6) is 0.933. The lowest BCUT2D eigenvalue weighted by molar-refractivity contribution is 0.221. The third-order valence-corrected chi connectivity index (χ3v) is 4.83. The van der Waals surface area contributed by atoms with E-state index in [0.717, 1.165) is 12.3 Å². The summed E-state index contributed by atoms with van der Waals surface area (Å²) >= 11 is 1.74. The molecule has 2 N–H and O–H groups in total. The van der Waals surface area contributed by atoms with Crippen molar-refractivity contribution in [3.8, 4) is 0 Å². The standard InChI is InChI=1S/C14H24N2S/c1-2-3-4-12-5-7-14(15,8-6-12)11-13-16-9-10-17-13/h9-10,12H,2-8,11,15H2,1H3. The number of unbranched alkanes of at least 4 members (excludes halogenated alkanes) is 1. The zero-order valence-corrected chi connectivity index (χ0v) is 11.6. The van der Waals surface area contributed by atoms with E-state index in [4.69, 9.17) is 5.73 Å². The second-order valence-corrected chi connectivity index (χ2v) is 6.53. The molecule has 0 radical (unpaired) electrons. The maximum atomic E-state index is 6.51. The van der Waals surface area contributed by atoms with Crippen molar-refractivity contribution in [3.63, 3.8) is 0 Å². The van der Waals surface area contributed by atoms with Gasteiger partial charge in [-0.25, -0.2) is 4.98 Å². The van der Waals surface area contributed by atoms with Crippen molar-refractivity contribution in [2.75, 3.05) is 0 Å². The lowest BCUT2D eigenvalue weighted by Crippen LogP contribution is -2.45. The van der Waals surface area contributed by atoms with Crippen LogP contribution in [0.5, 0.6) is 0 Å². The van der Waals surface area contributed by atoms with Gasteiger partial charge in [0.05, 0.1) is 5.01 Å². The largest absolute Gasteiger partial charge is 0.325 e. The fourth-order valence-electron chi connectivity index (χ4n) is 2.85. The highest BCUT2D eigenvalue weighted by Crippen LogP contribution is 2.35. The summed E-state index contributed by atoms with van der Waals surface area (Å²) in [6, 6.07) is 0. The maximum absolute atomic E-state index is 6.51. The molecule has 0 unspecified atom stereocenters. The minimum atomic E-state index is 0.0283. The molecule has 3 heteroatoms. The van der Waals surface area contributed by atoms with E-state index in [0.29, 0.717) is 0 Å². The van der Waals surface area contributed by atoms with Crippen LogP contribution in [-0.2, 0) is 6.42 Å². The average Bonchev–Trinajstić information content (AvgIpc) is 2.81. The molecule has 1 saturated carbocycles. The SMILES string of the molecule is CCCCC1CCC(N)(Cc2nccs2)CC1. The number of hydrogen-bond donors (Lipinski definition) is 1. The predicted octanol–water partition coefficient (Wildman–Crippen LogP) is 3.76. The van der Waals surface area contributed by atoms with Gasteiger partial charge >= 0.3 is 0 Å². The first-order valence-electron chi connectivity index (χ1n) is 6.89. The average molecular weight is 252 g/mol. The maximum Gasteiger partial charge on any atom is 0.0943 e. The molecule has 1 aliphatic rings. The molecule has 17 heavy (non-hydrogen) atoms. The first-order chi connectivity index (χ1) is 8.22. The number of nitrogens with two attached hydrogens (primary N) is 1. The van der Waals surface area contributed by atoms with Gasteiger partial charge in [0.1, 0.15) is 0 Å². The smallest absolute Gasteiger partial charge is 0.0943 e. The van der Waals surface area contributed by atoms with Crippen molar-refractivity contribution in [2.45, 2.75) is 63.8 Å². The second kappa shape index (κ2) is 5.96. The van der Waals surface area contributed by atoms with Gasteiger partial charge in [-0.2, -0.15) is 0 Å². The van der Waals surface area contributed by atoms with Crippen molar-refractivity contribution in [2.24, 2.45) is 11.7 Å². The van der Waals surface area contributed by atoms with Gasteiger partial charge in [-0.15, -0.1) is 11.3 Å². The van der Waals surface area contributed by atoms with Gasteiger partial charge in [0, 0.05) is 23.5 Å². The molecule has 1 aromatic rings. The lowest BCUT2D eigenvalue weighted by Gasteiger charge is -2.36. The van der Waals surface area contributed by atoms with Crippen LogP contribution in [0.3, 0.4) is 0 Å². The van der Waals surface area contributed by atoms with Crippen molar-refractivity contribution >= 4 is 11.3 Å². The Morgan fingerprint density at radius 1 is 1.47 bits per heavy atom. The Kier molecular flexibility index (Phi) is 4.57. The molecule has 96 valence electrons. The van der Waals surface area contributed by atoms with Crippen LogP contribution in [0.25, 0.3) is 0 Å². The summed E-state index contributed by atoms with van der Waals surface area (Å²) in [7, 11) is 0. The fourth-order valence-corrected chi connectivity index (χ4v) is 3.62. The van der Waals surface area contributed by atoms with Crippen LogP contribution in [0.4, 0.5) is 0 Å². The molecule has 0 bridgehead atoms. The van der Waals surface area contributed by atoms with Gasteiger partial charge in [0.25, 0.3) is 0 Å². The molecule has 1 fully saturated rings. The molecule has 0 aromatic carbocycles. The minimum Gasteiger partial charge on any atom is -0.325 e. The zero-order valence-electron chi connectivity index (χ0n) is 10.8. The quantitative estimate of drug-likeness (QED) is 0.866. The predicted molar refractivity (Wildman–Crippen MR) is 74.2 cm³/mol. The molecule has 0 amide bonds. The monoisotopic (exact) mass is 252 g/mol. The minimum absolute atomic E-state index is 0.0283. The highest BCUT2D eigenvalue weighted by molar-refractivity contribution is 7.09. The molecule has 0 saturated heterocycles. The van der Waals surface area contributed by atoms with Crippen molar-refractivity contribution in [1.82, 2.24) is 4.98 Å². The first kappa shape index (κ1) is 13.0. The topological polar surface area (TPSA) is 38.9 Å². The van der Waals surface area contributed by atoms with Gasteiger partial charge in [0.15, 0.2) is 0 Å². The van der Waals surface area contributed by atoms with Crippen LogP contribution in [0.2, 0.25) is 0 Å². The van der Waals surface area contributed by atoms with E-state index in [9.17, 15) is 0 Å². The Morgan fingerprint density at radius 3 is 2.82 bits per heavy atom. The normalized spacial score (nSPS) is 29.4. The number of nitrogens with zero attached hydrogens (tertiary/aromatic N) is 1. The van der Waals surface area contributed by atoms with E-state index in [1.165, 1.54) is 50.0 Å². The lowest BCUT2D eigenvalue weighted by atomic mass is 9.74. The molecule has 1 aliphatic carbocycles. The summed E-state index contributed by atoms with van der Waals surface area (Å²) in [5.41, 5.74) is 6.54. The molecular weight excluding hydrogens is 228 g/mol. The Labute approximate surface area is 109 Å². The van der Waals surface area contributed by atoms with E-state index in [1.807, 2.05) is 11.6 Å². The number of thiazole rings is 1. The van der Waals surface area contributed by atoms with Gasteiger partial charge in [-0.05, 0) is 31.6 Å². The summed E-state index contributed by atoms with van der Waals surface area (Å²) in [6.45, 7) is 2.28. The summed E-state index contributed by atoms with van der Waals surface area (Å²) in [6.07, 6.45) is 12.0. The summed E-state index contributed by atoms with van der Waals surface area (Å²) < 4.78 is 0. The molecule has 0 atom stereocenters. The molecule has 2 nitrogen and oxygen atoms in total. The summed E-state index contributed by atoms with van der Waals surface area (Å²) in [4.78, 5) is 4.36. The fraction of sp³-hybridized carbons (Fsp3) is 0.786. The Balaban J connectivity index is 1.80. The van der Waals surface area contributed by atoms with Crippen LogP contribution >= 0.6 is 11.3 Å². The first-order valence-corrected chi connectivity index (χ1v) is 7.77. The number of hydrogen-bond acceptors (Lipinski definition) is 3. The molecule has 0 aliphatic heterocycles. The van der Waals surface area contributed by atoms with Crippen LogP contribution in [0.1, 0.15) is 56.9 Å². The van der Waals surface area contributed by atoms with Gasteiger partial charge in [-0.1, -0.05) is 26.2 Å². The zero-order chi connectivity index (χ0) is 12.1. The van der Waals surface area contributed by atoms with E-state index in [-0.39, 0.29) is 5.54 Å². The molecule has 2 rings (SSSR count). The molecule has 0 spiro atoms. The Morgan fingerprint density at radius 2 is 2.24 bits per heavy atom. The molecular formula is C14H24N2S. The van der Waals surface area contributed by atoms with Gasteiger partial charge in [0.2, 0.25) is 0 Å².